The van der Waals surface area contributed by atoms with Gasteiger partial charge in [0.1, 0.15) is 5.82 Å². The molecule has 0 fully saturated rings. The van der Waals surface area contributed by atoms with Crippen molar-refractivity contribution >= 4 is 32.6 Å². The number of aryl methyl sites for hydroxylation is 1. The maximum Gasteiger partial charge on any atom is 0.261 e. The molecule has 2 aromatic heterocycles. The van der Waals surface area contributed by atoms with Crippen LogP contribution >= 0.6 is 0 Å². The highest BCUT2D eigenvalue weighted by Crippen LogP contribution is 2.29. The summed E-state index contributed by atoms with van der Waals surface area (Å²) in [5.41, 5.74) is 1.15. The van der Waals surface area contributed by atoms with Gasteiger partial charge in [0.15, 0.2) is 0 Å². The van der Waals surface area contributed by atoms with Crippen LogP contribution in [0, 0.1) is 6.92 Å². The molecule has 0 aliphatic rings. The largest absolute Gasteiger partial charge is 0.343 e. The first-order chi connectivity index (χ1) is 9.58. The lowest BCUT2D eigenvalue weighted by atomic mass is 10.0. The average molecular weight is 265 g/mol. The molecule has 0 amide bonds. The van der Waals surface area contributed by atoms with Gasteiger partial charge >= 0.3 is 0 Å². The molecule has 0 unspecified atom stereocenters. The SMILES string of the molecule is Cc1nc2ccc3c(=O)n(C)c(=O)c4ccc([nH]1)c2c34. The van der Waals surface area contributed by atoms with E-state index in [0.29, 0.717) is 16.2 Å². The Morgan fingerprint density at radius 3 is 2.35 bits per heavy atom. The fourth-order valence-electron chi connectivity index (χ4n) is 2.89. The van der Waals surface area contributed by atoms with E-state index in [4.69, 9.17) is 0 Å². The number of benzene rings is 2. The Morgan fingerprint density at radius 1 is 1.00 bits per heavy atom. The number of aromatic nitrogens is 3. The van der Waals surface area contributed by atoms with Gasteiger partial charge in [0.25, 0.3) is 11.1 Å². The number of pyridine rings is 1. The Kier molecular flexibility index (Phi) is 1.92. The molecule has 0 aliphatic carbocycles. The minimum Gasteiger partial charge on any atom is -0.343 e. The molecule has 0 spiro atoms. The van der Waals surface area contributed by atoms with E-state index in [2.05, 4.69) is 9.97 Å². The molecule has 0 atom stereocenters. The van der Waals surface area contributed by atoms with Crippen molar-refractivity contribution in [3.63, 3.8) is 0 Å². The van der Waals surface area contributed by atoms with E-state index in [-0.39, 0.29) is 11.1 Å². The Bertz CT molecular complexity index is 1020. The van der Waals surface area contributed by atoms with Gasteiger partial charge < -0.3 is 4.98 Å². The van der Waals surface area contributed by atoms with Crippen molar-refractivity contribution in [2.24, 2.45) is 7.05 Å². The van der Waals surface area contributed by atoms with Gasteiger partial charge in [-0.3, -0.25) is 14.2 Å². The topological polar surface area (TPSA) is 67.8 Å². The first-order valence-corrected chi connectivity index (χ1v) is 6.32. The monoisotopic (exact) mass is 265 g/mol. The van der Waals surface area contributed by atoms with Gasteiger partial charge in [-0.15, -0.1) is 0 Å². The van der Waals surface area contributed by atoms with Crippen LogP contribution in [0.4, 0.5) is 0 Å². The van der Waals surface area contributed by atoms with Gasteiger partial charge in [0.05, 0.1) is 5.52 Å². The predicted molar refractivity (Wildman–Crippen MR) is 78.5 cm³/mol. The quantitative estimate of drug-likeness (QED) is 0.492. The number of hydrogen-bond donors (Lipinski definition) is 1. The second kappa shape index (κ2) is 3.45. The fourth-order valence-corrected chi connectivity index (χ4v) is 2.89. The highest BCUT2D eigenvalue weighted by molar-refractivity contribution is 6.20. The van der Waals surface area contributed by atoms with Crippen LogP contribution in [0.3, 0.4) is 0 Å². The zero-order chi connectivity index (χ0) is 14.0. The third-order valence-corrected chi connectivity index (χ3v) is 3.81. The van der Waals surface area contributed by atoms with Crippen LogP contribution in [0.5, 0.6) is 0 Å². The summed E-state index contributed by atoms with van der Waals surface area (Å²) in [7, 11) is 1.51. The summed E-state index contributed by atoms with van der Waals surface area (Å²) >= 11 is 0. The molecule has 0 aliphatic heterocycles. The standard InChI is InChI=1S/C15H11N3O2/c1-7-16-10-5-3-8-12-9(15(20)18(2)14(8)19)4-6-11(17-7)13(10)12/h3-6H,1-2H3,(H,16,17). The molecule has 0 saturated heterocycles. The van der Waals surface area contributed by atoms with Crippen LogP contribution in [0.15, 0.2) is 33.9 Å². The van der Waals surface area contributed by atoms with Crippen molar-refractivity contribution < 1.29 is 0 Å². The third kappa shape index (κ3) is 1.19. The van der Waals surface area contributed by atoms with E-state index in [1.54, 1.807) is 12.1 Å². The smallest absolute Gasteiger partial charge is 0.261 e. The van der Waals surface area contributed by atoms with Gasteiger partial charge in [-0.25, -0.2) is 4.98 Å². The molecule has 2 heterocycles. The molecule has 98 valence electrons. The van der Waals surface area contributed by atoms with E-state index in [0.717, 1.165) is 26.8 Å². The summed E-state index contributed by atoms with van der Waals surface area (Å²) in [6, 6.07) is 7.21. The lowest BCUT2D eigenvalue weighted by molar-refractivity contribution is 0.841. The van der Waals surface area contributed by atoms with Crippen LogP contribution in [0.25, 0.3) is 32.6 Å². The first kappa shape index (κ1) is 11.2. The van der Waals surface area contributed by atoms with Crippen molar-refractivity contribution in [3.05, 3.63) is 50.8 Å². The van der Waals surface area contributed by atoms with E-state index < -0.39 is 0 Å². The highest BCUT2D eigenvalue weighted by Gasteiger charge is 2.15. The molecule has 0 radical (unpaired) electrons. The Morgan fingerprint density at radius 2 is 1.65 bits per heavy atom. The van der Waals surface area contributed by atoms with E-state index >= 15 is 0 Å². The highest BCUT2D eigenvalue weighted by atomic mass is 16.2. The number of rotatable bonds is 0. The van der Waals surface area contributed by atoms with Crippen molar-refractivity contribution in [1.29, 1.82) is 0 Å². The van der Waals surface area contributed by atoms with E-state index in [1.165, 1.54) is 7.05 Å². The number of H-pyrrole nitrogens is 1. The summed E-state index contributed by atoms with van der Waals surface area (Å²) in [6.45, 7) is 1.88. The summed E-state index contributed by atoms with van der Waals surface area (Å²) in [5, 5.41) is 2.66. The van der Waals surface area contributed by atoms with Gasteiger partial charge in [-0.1, -0.05) is 0 Å². The van der Waals surface area contributed by atoms with Crippen LogP contribution in [0.2, 0.25) is 0 Å². The van der Waals surface area contributed by atoms with Crippen molar-refractivity contribution in [1.82, 2.24) is 14.5 Å². The minimum absolute atomic E-state index is 0.266. The van der Waals surface area contributed by atoms with Crippen molar-refractivity contribution in [2.75, 3.05) is 0 Å². The zero-order valence-corrected chi connectivity index (χ0v) is 11.0. The molecule has 20 heavy (non-hydrogen) atoms. The summed E-state index contributed by atoms with van der Waals surface area (Å²) < 4.78 is 1.16. The zero-order valence-electron chi connectivity index (χ0n) is 11.0. The Labute approximate surface area is 112 Å². The lowest BCUT2D eigenvalue weighted by Gasteiger charge is -2.11. The van der Waals surface area contributed by atoms with Crippen LogP contribution in [-0.2, 0) is 7.05 Å². The lowest BCUT2D eigenvalue weighted by Crippen LogP contribution is -2.30. The fraction of sp³-hybridized carbons (Fsp3) is 0.133. The Hall–Kier alpha value is -2.69. The van der Waals surface area contributed by atoms with Gasteiger partial charge in [0.2, 0.25) is 0 Å². The first-order valence-electron chi connectivity index (χ1n) is 6.32. The molecule has 4 aromatic rings. The van der Waals surface area contributed by atoms with Gasteiger partial charge in [0, 0.05) is 34.1 Å². The van der Waals surface area contributed by atoms with Crippen molar-refractivity contribution in [3.8, 4) is 0 Å². The predicted octanol–water partition coefficient (Wildman–Crippen LogP) is 1.67. The molecule has 0 saturated carbocycles. The van der Waals surface area contributed by atoms with Crippen molar-refractivity contribution in [2.45, 2.75) is 6.92 Å². The number of nitrogens with one attached hydrogen (secondary N) is 1. The van der Waals surface area contributed by atoms with Crippen LogP contribution < -0.4 is 11.1 Å². The van der Waals surface area contributed by atoms with Crippen LogP contribution in [-0.4, -0.2) is 14.5 Å². The van der Waals surface area contributed by atoms with E-state index in [1.807, 2.05) is 19.1 Å². The minimum atomic E-state index is -0.266. The summed E-state index contributed by atoms with van der Waals surface area (Å²) in [6.07, 6.45) is 0. The molecule has 5 nitrogen and oxygen atoms in total. The summed E-state index contributed by atoms with van der Waals surface area (Å²) in [5.74, 6) is 0.797. The molecular formula is C15H11N3O2. The van der Waals surface area contributed by atoms with E-state index in [9.17, 15) is 9.59 Å². The number of aromatic amines is 1. The molecule has 0 bridgehead atoms. The number of hydrogen-bond acceptors (Lipinski definition) is 3. The molecule has 4 rings (SSSR count). The summed E-state index contributed by atoms with van der Waals surface area (Å²) in [4.78, 5) is 32.1. The maximum absolute atomic E-state index is 12.3. The van der Waals surface area contributed by atoms with Gasteiger partial charge in [-0.05, 0) is 31.2 Å². The second-order valence-corrected chi connectivity index (χ2v) is 5.03. The molecule has 5 heteroatoms. The Balaban J connectivity index is 2.51. The normalized spacial score (nSPS) is 11.9. The third-order valence-electron chi connectivity index (χ3n) is 3.81. The molecule has 1 N–H and O–H groups in total. The molecular weight excluding hydrogens is 254 g/mol. The molecule has 2 aromatic carbocycles. The maximum atomic E-state index is 12.3. The average Bonchev–Trinajstić information content (AvgIpc) is 2.44. The van der Waals surface area contributed by atoms with Crippen LogP contribution in [0.1, 0.15) is 5.82 Å². The number of nitrogens with zero attached hydrogens (tertiary/aromatic N) is 2. The second-order valence-electron chi connectivity index (χ2n) is 5.03. The van der Waals surface area contributed by atoms with Gasteiger partial charge in [-0.2, -0.15) is 0 Å².